The fraction of sp³-hybridized carbons (Fsp3) is 0.190. The Morgan fingerprint density at radius 1 is 1.14 bits per heavy atom. The van der Waals surface area contributed by atoms with E-state index in [9.17, 15) is 9.59 Å². The largest absolute Gasteiger partial charge is 0.450 e. The summed E-state index contributed by atoms with van der Waals surface area (Å²) in [5.41, 5.74) is 2.59. The number of hydrogen-bond donors (Lipinski definition) is 2. The van der Waals surface area contributed by atoms with Gasteiger partial charge in [-0.1, -0.05) is 58.4 Å². The van der Waals surface area contributed by atoms with E-state index in [1.54, 1.807) is 6.92 Å². The van der Waals surface area contributed by atoms with Crippen LogP contribution in [0, 0.1) is 0 Å². The minimum atomic E-state index is -0.555. The van der Waals surface area contributed by atoms with Gasteiger partial charge in [-0.05, 0) is 24.6 Å². The highest BCUT2D eigenvalue weighted by molar-refractivity contribution is 9.10. The van der Waals surface area contributed by atoms with Crippen LogP contribution in [-0.4, -0.2) is 23.6 Å². The van der Waals surface area contributed by atoms with E-state index in [2.05, 4.69) is 31.5 Å². The zero-order valence-corrected chi connectivity index (χ0v) is 18.1. The van der Waals surface area contributed by atoms with Gasteiger partial charge in [0.2, 0.25) is 5.91 Å². The van der Waals surface area contributed by atoms with Crippen LogP contribution in [0.2, 0.25) is 0 Å². The smallest absolute Gasteiger partial charge is 0.407 e. The monoisotopic (exact) mass is 473 g/mol. The molecule has 8 heteroatoms. The first-order chi connectivity index (χ1) is 14.0. The highest BCUT2D eigenvalue weighted by Crippen LogP contribution is 2.26. The van der Waals surface area contributed by atoms with Crippen LogP contribution in [0.25, 0.3) is 11.3 Å². The maximum absolute atomic E-state index is 12.6. The van der Waals surface area contributed by atoms with Gasteiger partial charge in [0.25, 0.3) is 0 Å². The summed E-state index contributed by atoms with van der Waals surface area (Å²) in [6, 6.07) is 16.6. The third-order valence-electron chi connectivity index (χ3n) is 4.05. The molecule has 0 aliphatic carbocycles. The Bertz CT molecular complexity index is 961. The van der Waals surface area contributed by atoms with Crippen LogP contribution in [0.3, 0.4) is 0 Å². The SMILES string of the molecule is CCOC(=O)N[C@H](CC(=O)Nc1nc(-c2ccc(Br)cc2)cs1)c1ccccc1. The lowest BCUT2D eigenvalue weighted by atomic mass is 10.0. The van der Waals surface area contributed by atoms with Crippen molar-refractivity contribution in [3.8, 4) is 11.3 Å². The molecule has 2 N–H and O–H groups in total. The predicted octanol–water partition coefficient (Wildman–Crippen LogP) is 5.39. The number of nitrogens with zero attached hydrogens (tertiary/aromatic N) is 1. The molecule has 2 aromatic carbocycles. The van der Waals surface area contributed by atoms with Gasteiger partial charge >= 0.3 is 6.09 Å². The standard InChI is InChI=1S/C21H20BrN3O3S/c1-2-28-21(27)24-17(14-6-4-3-5-7-14)12-19(26)25-20-23-18(13-29-20)15-8-10-16(22)11-9-15/h3-11,13,17H,2,12H2,1H3,(H,24,27)(H,23,25,26)/t17-/m1/s1. The Kier molecular flexibility index (Phi) is 7.37. The quantitative estimate of drug-likeness (QED) is 0.481. The third-order valence-corrected chi connectivity index (χ3v) is 5.34. The van der Waals surface area contributed by atoms with Crippen molar-refractivity contribution in [2.75, 3.05) is 11.9 Å². The Morgan fingerprint density at radius 3 is 2.55 bits per heavy atom. The van der Waals surface area contributed by atoms with Gasteiger partial charge in [-0.3, -0.25) is 4.79 Å². The lowest BCUT2D eigenvalue weighted by Crippen LogP contribution is -2.32. The summed E-state index contributed by atoms with van der Waals surface area (Å²) in [4.78, 5) is 28.9. The number of ether oxygens (including phenoxy) is 1. The van der Waals surface area contributed by atoms with Gasteiger partial charge in [-0.2, -0.15) is 0 Å². The van der Waals surface area contributed by atoms with Crippen LogP contribution in [0.1, 0.15) is 24.9 Å². The van der Waals surface area contributed by atoms with E-state index < -0.39 is 12.1 Å². The van der Waals surface area contributed by atoms with Gasteiger partial charge in [-0.25, -0.2) is 9.78 Å². The van der Waals surface area contributed by atoms with Crippen molar-refractivity contribution in [2.45, 2.75) is 19.4 Å². The highest BCUT2D eigenvalue weighted by Gasteiger charge is 2.20. The molecule has 0 bridgehead atoms. The van der Waals surface area contributed by atoms with E-state index in [-0.39, 0.29) is 18.9 Å². The number of thiazole rings is 1. The van der Waals surface area contributed by atoms with E-state index in [1.165, 1.54) is 11.3 Å². The first-order valence-corrected chi connectivity index (χ1v) is 10.7. The molecule has 3 aromatic rings. The average Bonchev–Trinajstić information content (AvgIpc) is 3.17. The summed E-state index contributed by atoms with van der Waals surface area (Å²) in [5, 5.41) is 7.96. The maximum Gasteiger partial charge on any atom is 0.407 e. The molecule has 3 rings (SSSR count). The number of nitrogens with one attached hydrogen (secondary N) is 2. The molecule has 6 nitrogen and oxygen atoms in total. The summed E-state index contributed by atoms with van der Waals surface area (Å²) in [5.74, 6) is -0.243. The van der Waals surface area contributed by atoms with E-state index in [0.29, 0.717) is 5.13 Å². The number of amides is 2. The second-order valence-corrected chi connectivity index (χ2v) is 7.90. The van der Waals surface area contributed by atoms with Gasteiger partial charge in [0.05, 0.1) is 24.8 Å². The summed E-state index contributed by atoms with van der Waals surface area (Å²) in [6.07, 6.45) is -0.489. The fourth-order valence-corrected chi connectivity index (χ4v) is 3.69. The molecule has 150 valence electrons. The number of hydrogen-bond acceptors (Lipinski definition) is 5. The third kappa shape index (κ3) is 6.13. The molecule has 0 aliphatic rings. The molecule has 1 heterocycles. The molecule has 2 amide bonds. The van der Waals surface area contributed by atoms with E-state index in [0.717, 1.165) is 21.3 Å². The van der Waals surface area contributed by atoms with Crippen LogP contribution >= 0.6 is 27.3 Å². The molecule has 0 aliphatic heterocycles. The van der Waals surface area contributed by atoms with E-state index in [1.807, 2.05) is 60.0 Å². The summed E-state index contributed by atoms with van der Waals surface area (Å²) in [6.45, 7) is 1.99. The van der Waals surface area contributed by atoms with Crippen molar-refractivity contribution in [2.24, 2.45) is 0 Å². The van der Waals surface area contributed by atoms with Crippen LogP contribution in [0.15, 0.2) is 64.5 Å². The van der Waals surface area contributed by atoms with Gasteiger partial charge < -0.3 is 15.4 Å². The Morgan fingerprint density at radius 2 is 1.86 bits per heavy atom. The number of benzene rings is 2. The molecule has 1 atom stereocenters. The lowest BCUT2D eigenvalue weighted by Gasteiger charge is -2.18. The van der Waals surface area contributed by atoms with Gasteiger partial charge in [0.15, 0.2) is 5.13 Å². The molecular weight excluding hydrogens is 454 g/mol. The summed E-state index contributed by atoms with van der Waals surface area (Å²) >= 11 is 4.77. The lowest BCUT2D eigenvalue weighted by molar-refractivity contribution is -0.116. The van der Waals surface area contributed by atoms with Crippen LogP contribution in [-0.2, 0) is 9.53 Å². The summed E-state index contributed by atoms with van der Waals surface area (Å²) in [7, 11) is 0. The van der Waals surface area contributed by atoms with Crippen molar-refractivity contribution in [3.05, 3.63) is 70.0 Å². The first-order valence-electron chi connectivity index (χ1n) is 9.04. The zero-order valence-electron chi connectivity index (χ0n) is 15.7. The van der Waals surface area contributed by atoms with Crippen molar-refractivity contribution in [3.63, 3.8) is 0 Å². The van der Waals surface area contributed by atoms with Gasteiger partial charge in [0, 0.05) is 15.4 Å². The molecule has 0 saturated heterocycles. The van der Waals surface area contributed by atoms with Gasteiger partial charge in [-0.15, -0.1) is 11.3 Å². The van der Waals surface area contributed by atoms with Crippen molar-refractivity contribution in [1.82, 2.24) is 10.3 Å². The zero-order chi connectivity index (χ0) is 20.6. The number of anilines is 1. The average molecular weight is 474 g/mol. The number of alkyl carbamates (subject to hydrolysis) is 1. The number of carbonyl (C=O) groups is 2. The van der Waals surface area contributed by atoms with Crippen LogP contribution in [0.5, 0.6) is 0 Å². The molecule has 0 radical (unpaired) electrons. The molecule has 0 unspecified atom stereocenters. The van der Waals surface area contributed by atoms with Crippen molar-refractivity contribution >= 4 is 44.4 Å². The first kappa shape index (κ1) is 21.0. The number of halogens is 1. The maximum atomic E-state index is 12.6. The molecular formula is C21H20BrN3O3S. The minimum absolute atomic E-state index is 0.0655. The molecule has 0 saturated carbocycles. The normalized spacial score (nSPS) is 11.5. The second kappa shape index (κ2) is 10.2. The number of carbonyl (C=O) groups excluding carboxylic acids is 2. The fourth-order valence-electron chi connectivity index (χ4n) is 2.69. The molecule has 1 aromatic heterocycles. The predicted molar refractivity (Wildman–Crippen MR) is 118 cm³/mol. The molecule has 0 fully saturated rings. The number of rotatable bonds is 7. The highest BCUT2D eigenvalue weighted by atomic mass is 79.9. The number of aromatic nitrogens is 1. The Balaban J connectivity index is 1.67. The Hall–Kier alpha value is -2.71. The molecule has 0 spiro atoms. The van der Waals surface area contributed by atoms with Crippen molar-refractivity contribution < 1.29 is 14.3 Å². The topological polar surface area (TPSA) is 80.3 Å². The second-order valence-electron chi connectivity index (χ2n) is 6.13. The minimum Gasteiger partial charge on any atom is -0.450 e. The Labute approximate surface area is 181 Å². The van der Waals surface area contributed by atoms with E-state index in [4.69, 9.17) is 4.74 Å². The summed E-state index contributed by atoms with van der Waals surface area (Å²) < 4.78 is 5.95. The van der Waals surface area contributed by atoms with Crippen LogP contribution < -0.4 is 10.6 Å². The molecule has 29 heavy (non-hydrogen) atoms. The van der Waals surface area contributed by atoms with Crippen molar-refractivity contribution in [1.29, 1.82) is 0 Å². The van der Waals surface area contributed by atoms with Crippen LogP contribution in [0.4, 0.5) is 9.93 Å². The van der Waals surface area contributed by atoms with Gasteiger partial charge in [0.1, 0.15) is 0 Å². The van der Waals surface area contributed by atoms with E-state index >= 15 is 0 Å².